The van der Waals surface area contributed by atoms with Crippen LogP contribution in [0.3, 0.4) is 0 Å². The zero-order valence-electron chi connectivity index (χ0n) is 12.9. The van der Waals surface area contributed by atoms with Crippen LogP contribution in [0.25, 0.3) is 0 Å². The molecule has 1 heterocycles. The van der Waals surface area contributed by atoms with Gasteiger partial charge < -0.3 is 15.2 Å². The molecule has 1 aromatic carbocycles. The van der Waals surface area contributed by atoms with Gasteiger partial charge >= 0.3 is 5.97 Å². The Bertz CT molecular complexity index is 586. The van der Waals surface area contributed by atoms with Crippen molar-refractivity contribution in [1.29, 1.82) is 0 Å². The molecule has 1 aliphatic heterocycles. The van der Waals surface area contributed by atoms with Crippen molar-refractivity contribution in [2.75, 3.05) is 5.32 Å². The van der Waals surface area contributed by atoms with Crippen molar-refractivity contribution in [3.63, 3.8) is 0 Å². The molecular formula is C17H21NO4S. The molecule has 2 aliphatic rings. The van der Waals surface area contributed by atoms with Gasteiger partial charge in [-0.1, -0.05) is 25.0 Å². The quantitative estimate of drug-likeness (QED) is 0.863. The van der Waals surface area contributed by atoms with Gasteiger partial charge in [-0.3, -0.25) is 4.79 Å². The molecule has 2 N–H and O–H groups in total. The van der Waals surface area contributed by atoms with Crippen LogP contribution in [0.1, 0.15) is 38.5 Å². The molecule has 1 saturated carbocycles. The SMILES string of the molecule is O=C(Nc1ccccc1SC1CCCC1)[C@@H]1CC[C@H](C(=O)O)O1. The summed E-state index contributed by atoms with van der Waals surface area (Å²) in [6.45, 7) is 0. The molecule has 0 radical (unpaired) electrons. The van der Waals surface area contributed by atoms with E-state index in [2.05, 4.69) is 5.32 Å². The molecule has 5 nitrogen and oxygen atoms in total. The molecule has 6 heteroatoms. The van der Waals surface area contributed by atoms with Crippen LogP contribution in [0.2, 0.25) is 0 Å². The van der Waals surface area contributed by atoms with E-state index in [9.17, 15) is 9.59 Å². The average molecular weight is 335 g/mol. The Labute approximate surface area is 139 Å². The highest BCUT2D eigenvalue weighted by atomic mass is 32.2. The molecule has 0 spiro atoms. The zero-order chi connectivity index (χ0) is 16.2. The minimum absolute atomic E-state index is 0.256. The lowest BCUT2D eigenvalue weighted by Gasteiger charge is -2.16. The van der Waals surface area contributed by atoms with E-state index in [1.54, 1.807) is 0 Å². The topological polar surface area (TPSA) is 75.6 Å². The summed E-state index contributed by atoms with van der Waals surface area (Å²) in [5.41, 5.74) is 0.789. The normalized spacial score (nSPS) is 24.7. The van der Waals surface area contributed by atoms with Gasteiger partial charge in [-0.25, -0.2) is 4.79 Å². The molecular weight excluding hydrogens is 314 g/mol. The van der Waals surface area contributed by atoms with Crippen molar-refractivity contribution >= 4 is 29.3 Å². The molecule has 23 heavy (non-hydrogen) atoms. The maximum atomic E-state index is 12.3. The van der Waals surface area contributed by atoms with Crippen LogP contribution in [0.15, 0.2) is 29.2 Å². The third-order valence-corrected chi connectivity index (χ3v) is 5.74. The minimum Gasteiger partial charge on any atom is -0.479 e. The van der Waals surface area contributed by atoms with Gasteiger partial charge in [0.1, 0.15) is 6.10 Å². The summed E-state index contributed by atoms with van der Waals surface area (Å²) in [5.74, 6) is -1.26. The van der Waals surface area contributed by atoms with Crippen molar-refractivity contribution < 1.29 is 19.4 Å². The first-order chi connectivity index (χ1) is 11.1. The van der Waals surface area contributed by atoms with Crippen LogP contribution >= 0.6 is 11.8 Å². The molecule has 0 aromatic heterocycles. The van der Waals surface area contributed by atoms with Gasteiger partial charge in [0.25, 0.3) is 5.91 Å². The van der Waals surface area contributed by atoms with Crippen LogP contribution in [-0.2, 0) is 14.3 Å². The first-order valence-electron chi connectivity index (χ1n) is 8.08. The Balaban J connectivity index is 1.63. The second-order valence-electron chi connectivity index (χ2n) is 6.04. The third-order valence-electron chi connectivity index (χ3n) is 4.33. The molecule has 1 amide bonds. The van der Waals surface area contributed by atoms with Gasteiger partial charge in [0, 0.05) is 10.1 Å². The number of rotatable bonds is 5. The van der Waals surface area contributed by atoms with E-state index in [0.717, 1.165) is 10.6 Å². The Hall–Kier alpha value is -1.53. The minimum atomic E-state index is -1.00. The molecule has 1 saturated heterocycles. The lowest BCUT2D eigenvalue weighted by Crippen LogP contribution is -2.30. The Morgan fingerprint density at radius 2 is 1.78 bits per heavy atom. The fraction of sp³-hybridized carbons (Fsp3) is 0.529. The van der Waals surface area contributed by atoms with E-state index in [1.165, 1.54) is 25.7 Å². The van der Waals surface area contributed by atoms with Gasteiger partial charge in [-0.2, -0.15) is 0 Å². The number of amides is 1. The maximum absolute atomic E-state index is 12.3. The summed E-state index contributed by atoms with van der Waals surface area (Å²) in [6.07, 6.45) is 4.27. The summed E-state index contributed by atoms with van der Waals surface area (Å²) in [7, 11) is 0. The first kappa shape index (κ1) is 16.3. The number of hydrogen-bond acceptors (Lipinski definition) is 4. The first-order valence-corrected chi connectivity index (χ1v) is 8.96. The number of carboxylic acids is 1. The lowest BCUT2D eigenvalue weighted by molar-refractivity contribution is -0.150. The molecule has 1 aromatic rings. The van der Waals surface area contributed by atoms with Crippen LogP contribution in [0.5, 0.6) is 0 Å². The summed E-state index contributed by atoms with van der Waals surface area (Å²) in [6, 6.07) is 7.77. The van der Waals surface area contributed by atoms with Crippen molar-refractivity contribution in [2.24, 2.45) is 0 Å². The number of para-hydroxylation sites is 1. The number of anilines is 1. The van der Waals surface area contributed by atoms with E-state index in [1.807, 2.05) is 36.0 Å². The van der Waals surface area contributed by atoms with Gasteiger partial charge in [-0.05, 0) is 37.8 Å². The van der Waals surface area contributed by atoms with Gasteiger partial charge in [-0.15, -0.1) is 11.8 Å². The molecule has 2 fully saturated rings. The Morgan fingerprint density at radius 1 is 1.09 bits per heavy atom. The van der Waals surface area contributed by atoms with E-state index >= 15 is 0 Å². The fourth-order valence-corrected chi connectivity index (χ4v) is 4.41. The number of carboxylic acid groups (broad SMARTS) is 1. The maximum Gasteiger partial charge on any atom is 0.332 e. The molecule has 124 valence electrons. The number of hydrogen-bond donors (Lipinski definition) is 2. The Morgan fingerprint density at radius 3 is 2.48 bits per heavy atom. The highest BCUT2D eigenvalue weighted by molar-refractivity contribution is 8.00. The van der Waals surface area contributed by atoms with E-state index in [0.29, 0.717) is 18.1 Å². The van der Waals surface area contributed by atoms with E-state index in [4.69, 9.17) is 9.84 Å². The third kappa shape index (κ3) is 4.06. The van der Waals surface area contributed by atoms with Crippen LogP contribution in [0, 0.1) is 0 Å². The number of aliphatic carboxylic acids is 1. The molecule has 1 aliphatic carbocycles. The lowest BCUT2D eigenvalue weighted by atomic mass is 10.2. The average Bonchev–Trinajstić information content (AvgIpc) is 3.20. The summed E-state index contributed by atoms with van der Waals surface area (Å²) in [4.78, 5) is 24.3. The summed E-state index contributed by atoms with van der Waals surface area (Å²) in [5, 5.41) is 12.5. The number of carbonyl (C=O) groups excluding carboxylic acids is 1. The molecule has 3 rings (SSSR count). The number of benzene rings is 1. The van der Waals surface area contributed by atoms with Crippen molar-refractivity contribution in [3.05, 3.63) is 24.3 Å². The highest BCUT2D eigenvalue weighted by Gasteiger charge is 2.35. The van der Waals surface area contributed by atoms with Crippen molar-refractivity contribution in [1.82, 2.24) is 0 Å². The molecule has 2 atom stereocenters. The molecule has 0 bridgehead atoms. The number of thioether (sulfide) groups is 1. The second kappa shape index (κ2) is 7.36. The largest absolute Gasteiger partial charge is 0.479 e. The van der Waals surface area contributed by atoms with Gasteiger partial charge in [0.15, 0.2) is 6.10 Å². The number of carbonyl (C=O) groups is 2. The number of ether oxygens (including phenoxy) is 1. The molecule has 0 unspecified atom stereocenters. The van der Waals surface area contributed by atoms with Gasteiger partial charge in [0.2, 0.25) is 0 Å². The standard InChI is InChI=1S/C17H21NO4S/c19-16(13-9-10-14(22-13)17(20)21)18-12-7-3-4-8-15(12)23-11-5-1-2-6-11/h3-4,7-8,11,13-14H,1-2,5-6,9-10H2,(H,18,19)(H,20,21)/t13-,14+/m0/s1. The predicted molar refractivity (Wildman–Crippen MR) is 88.7 cm³/mol. The smallest absolute Gasteiger partial charge is 0.332 e. The number of nitrogens with one attached hydrogen (secondary N) is 1. The fourth-order valence-electron chi connectivity index (χ4n) is 3.08. The Kier molecular flexibility index (Phi) is 5.23. The van der Waals surface area contributed by atoms with Crippen molar-refractivity contribution in [2.45, 2.75) is 60.9 Å². The predicted octanol–water partition coefficient (Wildman–Crippen LogP) is 3.29. The monoisotopic (exact) mass is 335 g/mol. The van der Waals surface area contributed by atoms with E-state index < -0.39 is 18.2 Å². The van der Waals surface area contributed by atoms with Crippen LogP contribution in [0.4, 0.5) is 5.69 Å². The van der Waals surface area contributed by atoms with Gasteiger partial charge in [0.05, 0.1) is 5.69 Å². The second-order valence-corrected chi connectivity index (χ2v) is 7.38. The summed E-state index contributed by atoms with van der Waals surface area (Å²) >= 11 is 1.82. The highest BCUT2D eigenvalue weighted by Crippen LogP contribution is 2.38. The zero-order valence-corrected chi connectivity index (χ0v) is 13.7. The van der Waals surface area contributed by atoms with Crippen LogP contribution < -0.4 is 5.32 Å². The van der Waals surface area contributed by atoms with Crippen LogP contribution in [-0.4, -0.2) is 34.4 Å². The van der Waals surface area contributed by atoms with Crippen molar-refractivity contribution in [3.8, 4) is 0 Å². The summed E-state index contributed by atoms with van der Waals surface area (Å²) < 4.78 is 5.31. The van der Waals surface area contributed by atoms with E-state index in [-0.39, 0.29) is 5.91 Å².